The molecule has 4 aromatic carbocycles. The highest BCUT2D eigenvalue weighted by Crippen LogP contribution is 2.26. The third-order valence-electron chi connectivity index (χ3n) is 5.97. The van der Waals surface area contributed by atoms with Crippen LogP contribution >= 0.6 is 0 Å². The number of carbonyl (C=O) groups is 2. The van der Waals surface area contributed by atoms with Crippen LogP contribution in [0.15, 0.2) is 122 Å². The molecule has 0 aliphatic heterocycles. The van der Waals surface area contributed by atoms with E-state index < -0.39 is 37.2 Å². The Balaban J connectivity index is 1.19. The Bertz CT molecular complexity index is 1450. The van der Waals surface area contributed by atoms with Crippen molar-refractivity contribution in [2.45, 2.75) is 13.2 Å². The number of benzene rings is 4. The summed E-state index contributed by atoms with van der Waals surface area (Å²) in [6.07, 6.45) is 0. The van der Waals surface area contributed by atoms with Gasteiger partial charge in [-0.3, -0.25) is 0 Å². The molecule has 0 spiro atoms. The molecule has 0 N–H and O–H groups in total. The summed E-state index contributed by atoms with van der Waals surface area (Å²) in [5.74, 6) is -2.37. The van der Waals surface area contributed by atoms with Crippen molar-refractivity contribution in [2.75, 3.05) is 13.6 Å². The van der Waals surface area contributed by atoms with Crippen molar-refractivity contribution in [1.82, 2.24) is 0 Å². The minimum Gasteiger partial charge on any atom is -0.489 e. The van der Waals surface area contributed by atoms with Crippen molar-refractivity contribution in [3.8, 4) is 34.1 Å². The number of carbonyl (C=O) groups excluding carboxylic acids is 2. The second-order valence-corrected chi connectivity index (χ2v) is 9.11. The first kappa shape index (κ1) is 31.3. The van der Waals surface area contributed by atoms with Crippen molar-refractivity contribution in [1.29, 1.82) is 0 Å². The third-order valence-corrected chi connectivity index (χ3v) is 5.97. The summed E-state index contributed by atoms with van der Waals surface area (Å²) in [6, 6.07) is 29.4. The molecule has 0 aromatic heterocycles. The summed E-state index contributed by atoms with van der Waals surface area (Å²) < 4.78 is 56.5. The predicted octanol–water partition coefficient (Wildman–Crippen LogP) is 7.24. The van der Waals surface area contributed by atoms with Gasteiger partial charge in [0.05, 0.1) is 0 Å². The molecule has 0 unspecified atom stereocenters. The average molecular weight is 603 g/mol. The van der Waals surface area contributed by atoms with E-state index in [1.807, 2.05) is 72.8 Å². The van der Waals surface area contributed by atoms with Gasteiger partial charge in [-0.05, 0) is 70.8 Å². The van der Waals surface area contributed by atoms with Crippen molar-refractivity contribution in [3.05, 3.63) is 133 Å². The number of hydrogen-bond acceptors (Lipinski definition) is 8. The van der Waals surface area contributed by atoms with Gasteiger partial charge >= 0.3 is 11.9 Å². The van der Waals surface area contributed by atoms with Gasteiger partial charge in [0.25, 0.3) is 0 Å². The zero-order valence-corrected chi connectivity index (χ0v) is 23.5. The summed E-state index contributed by atoms with van der Waals surface area (Å²) >= 11 is 0. The number of hydrogen-bond donors (Lipinski definition) is 0. The van der Waals surface area contributed by atoms with E-state index in [-0.39, 0.29) is 0 Å². The molecule has 8 nitrogen and oxygen atoms in total. The first-order valence-corrected chi connectivity index (χ1v) is 13.2. The predicted molar refractivity (Wildman–Crippen MR) is 157 cm³/mol. The first-order valence-electron chi connectivity index (χ1n) is 13.2. The topological polar surface area (TPSA) is 89.5 Å². The molecule has 0 bridgehead atoms. The highest BCUT2D eigenvalue weighted by molar-refractivity contribution is 5.85. The third kappa shape index (κ3) is 9.73. The van der Waals surface area contributed by atoms with Crippen LogP contribution in [-0.2, 0) is 32.3 Å². The van der Waals surface area contributed by atoms with Crippen molar-refractivity contribution in [2.24, 2.45) is 0 Å². The fourth-order valence-electron chi connectivity index (χ4n) is 3.64. The molecule has 226 valence electrons. The molecule has 4 rings (SSSR count). The number of rotatable bonds is 15. The molecule has 0 fully saturated rings. The van der Waals surface area contributed by atoms with Gasteiger partial charge in [-0.15, -0.1) is 0 Å². The van der Waals surface area contributed by atoms with Gasteiger partial charge in [-0.1, -0.05) is 61.7 Å². The van der Waals surface area contributed by atoms with E-state index in [0.717, 1.165) is 22.3 Å². The molecule has 10 heteroatoms. The van der Waals surface area contributed by atoms with Crippen molar-refractivity contribution < 1.29 is 46.8 Å². The monoisotopic (exact) mass is 602 g/mol. The van der Waals surface area contributed by atoms with Crippen LogP contribution in [0.3, 0.4) is 0 Å². The second kappa shape index (κ2) is 15.5. The van der Waals surface area contributed by atoms with Crippen LogP contribution in [-0.4, -0.2) is 25.5 Å². The molecular formula is C34H28F2O8. The molecule has 0 saturated carbocycles. The molecule has 0 heterocycles. The fraction of sp³-hybridized carbons (Fsp3) is 0.118. The molecule has 4 aromatic rings. The van der Waals surface area contributed by atoms with E-state index in [2.05, 4.69) is 22.6 Å². The molecule has 44 heavy (non-hydrogen) atoms. The molecule has 0 radical (unpaired) electrons. The van der Waals surface area contributed by atoms with E-state index in [1.54, 1.807) is 24.3 Å². The normalized spacial score (nSPS) is 10.3. The number of esters is 2. The van der Waals surface area contributed by atoms with Gasteiger partial charge in [0.1, 0.15) is 36.2 Å². The van der Waals surface area contributed by atoms with Crippen LogP contribution in [0.5, 0.6) is 23.0 Å². The van der Waals surface area contributed by atoms with Gasteiger partial charge in [-0.2, -0.15) is 8.78 Å². The Morgan fingerprint density at radius 1 is 0.477 bits per heavy atom. The van der Waals surface area contributed by atoms with E-state index >= 15 is 0 Å². The summed E-state index contributed by atoms with van der Waals surface area (Å²) in [7, 11) is 0. The Hall–Kier alpha value is -5.64. The van der Waals surface area contributed by atoms with Gasteiger partial charge < -0.3 is 28.4 Å². The van der Waals surface area contributed by atoms with Gasteiger partial charge in [-0.25, -0.2) is 9.59 Å². The maximum absolute atomic E-state index is 12.6. The van der Waals surface area contributed by atoms with Crippen molar-refractivity contribution >= 4 is 11.9 Å². The SMILES string of the molecule is C=C(F)C(=O)OCOc1ccc(COc2ccc(-c3ccc(OCc4ccc(OCOC(=O)C(=C)F)cc4)cc3)cc2)cc1. The van der Waals surface area contributed by atoms with E-state index in [0.29, 0.717) is 36.2 Å². The fourth-order valence-corrected chi connectivity index (χ4v) is 3.64. The smallest absolute Gasteiger partial charge is 0.369 e. The van der Waals surface area contributed by atoms with Crippen LogP contribution < -0.4 is 18.9 Å². The molecule has 0 aliphatic carbocycles. The zero-order chi connectivity index (χ0) is 31.3. The van der Waals surface area contributed by atoms with Crippen LogP contribution in [0.4, 0.5) is 8.78 Å². The standard InChI is InChI=1S/C34H28F2O8/c1-23(35)33(37)43-21-41-31-11-3-25(4-12-31)19-39-29-15-7-27(8-16-29)28-9-17-30(18-10-28)40-20-26-5-13-32(14-6-26)42-22-44-34(38)24(2)36/h3-18H,1-2,19-22H2. The largest absolute Gasteiger partial charge is 0.489 e. The lowest BCUT2D eigenvalue weighted by Gasteiger charge is -2.10. The minimum absolute atomic E-state index is 0.338. The lowest BCUT2D eigenvalue weighted by molar-refractivity contribution is -0.148. The lowest BCUT2D eigenvalue weighted by atomic mass is 10.1. The van der Waals surface area contributed by atoms with Gasteiger partial charge in [0.15, 0.2) is 0 Å². The Labute approximate surface area is 252 Å². The highest BCUT2D eigenvalue weighted by Gasteiger charge is 2.08. The molecular weight excluding hydrogens is 574 g/mol. The van der Waals surface area contributed by atoms with E-state index in [9.17, 15) is 18.4 Å². The van der Waals surface area contributed by atoms with E-state index in [4.69, 9.17) is 18.9 Å². The Morgan fingerprint density at radius 2 is 0.773 bits per heavy atom. The summed E-state index contributed by atoms with van der Waals surface area (Å²) in [4.78, 5) is 22.1. The second-order valence-electron chi connectivity index (χ2n) is 9.11. The summed E-state index contributed by atoms with van der Waals surface area (Å²) in [5.41, 5.74) is 3.83. The number of ether oxygens (including phenoxy) is 6. The minimum atomic E-state index is -1.18. The van der Waals surface area contributed by atoms with Crippen LogP contribution in [0, 0.1) is 0 Å². The Morgan fingerprint density at radius 3 is 1.09 bits per heavy atom. The van der Waals surface area contributed by atoms with Crippen LogP contribution in [0.2, 0.25) is 0 Å². The van der Waals surface area contributed by atoms with Gasteiger partial charge in [0.2, 0.25) is 25.2 Å². The molecule has 0 aliphatic rings. The maximum atomic E-state index is 12.6. The Kier molecular flexibility index (Phi) is 11.1. The van der Waals surface area contributed by atoms with Gasteiger partial charge in [0, 0.05) is 0 Å². The number of halogens is 2. The average Bonchev–Trinajstić information content (AvgIpc) is 3.04. The quantitative estimate of drug-likeness (QED) is 0.0800. The van der Waals surface area contributed by atoms with Crippen molar-refractivity contribution in [3.63, 3.8) is 0 Å². The highest BCUT2D eigenvalue weighted by atomic mass is 19.1. The molecule has 0 amide bonds. The maximum Gasteiger partial charge on any atom is 0.369 e. The lowest BCUT2D eigenvalue weighted by Crippen LogP contribution is -2.10. The van der Waals surface area contributed by atoms with Crippen LogP contribution in [0.1, 0.15) is 11.1 Å². The van der Waals surface area contributed by atoms with Crippen LogP contribution in [0.25, 0.3) is 11.1 Å². The zero-order valence-electron chi connectivity index (χ0n) is 23.5. The summed E-state index contributed by atoms with van der Waals surface area (Å²) in [6.45, 7) is 5.55. The summed E-state index contributed by atoms with van der Waals surface area (Å²) in [5, 5.41) is 0. The molecule has 0 saturated heterocycles. The first-order chi connectivity index (χ1) is 21.3. The molecule has 0 atom stereocenters. The van der Waals surface area contributed by atoms with E-state index in [1.165, 1.54) is 0 Å².